The molecule has 0 aliphatic rings. The fourth-order valence-electron chi connectivity index (χ4n) is 0.978. The number of unbranched alkanes of at least 4 members (excludes halogenated alkanes) is 1. The Kier molecular flexibility index (Phi) is 5.68. The molecule has 0 aliphatic heterocycles. The average Bonchev–Trinajstić information content (AvgIpc) is 1.98. The van der Waals surface area contributed by atoms with Gasteiger partial charge < -0.3 is 0 Å². The van der Waals surface area contributed by atoms with E-state index < -0.39 is 0 Å². The number of hydrogen-bond acceptors (Lipinski definition) is 1. The van der Waals surface area contributed by atoms with Crippen molar-refractivity contribution >= 4 is 5.78 Å². The first-order valence-electron chi connectivity index (χ1n) is 5.15. The maximum atomic E-state index is 11.2. The van der Waals surface area contributed by atoms with E-state index >= 15 is 0 Å². The molecule has 0 saturated carbocycles. The van der Waals surface area contributed by atoms with Crippen molar-refractivity contribution in [2.45, 2.75) is 53.4 Å². The second-order valence-electron chi connectivity index (χ2n) is 4.74. The van der Waals surface area contributed by atoms with E-state index in [1.807, 2.05) is 6.08 Å². The van der Waals surface area contributed by atoms with E-state index in [4.69, 9.17) is 0 Å². The monoisotopic (exact) mass is 182 g/mol. The zero-order chi connectivity index (χ0) is 10.3. The Morgan fingerprint density at radius 2 is 1.92 bits per heavy atom. The van der Waals surface area contributed by atoms with Gasteiger partial charge in [0.15, 0.2) is 5.78 Å². The molecule has 0 bridgehead atoms. The first-order chi connectivity index (χ1) is 5.95. The van der Waals surface area contributed by atoms with Gasteiger partial charge in [-0.25, -0.2) is 0 Å². The standard InChI is InChI=1S/C12H22O/c1-5-6-8-11(13)9-7-10-12(2,3)4/h7,9H,5-6,8,10H2,1-4H3/b9-7+. The van der Waals surface area contributed by atoms with Crippen LogP contribution < -0.4 is 0 Å². The molecule has 0 spiro atoms. The second-order valence-corrected chi connectivity index (χ2v) is 4.74. The second kappa shape index (κ2) is 5.95. The molecule has 0 atom stereocenters. The van der Waals surface area contributed by atoms with Crippen molar-refractivity contribution in [2.75, 3.05) is 0 Å². The van der Waals surface area contributed by atoms with Gasteiger partial charge in [-0.05, 0) is 24.3 Å². The maximum Gasteiger partial charge on any atom is 0.155 e. The summed E-state index contributed by atoms with van der Waals surface area (Å²) >= 11 is 0. The lowest BCUT2D eigenvalue weighted by Crippen LogP contribution is -2.02. The van der Waals surface area contributed by atoms with E-state index in [-0.39, 0.29) is 5.78 Å². The zero-order valence-electron chi connectivity index (χ0n) is 9.39. The van der Waals surface area contributed by atoms with Gasteiger partial charge in [-0.1, -0.05) is 40.2 Å². The predicted octanol–water partition coefficient (Wildman–Crippen LogP) is 3.74. The molecule has 0 aromatic heterocycles. The van der Waals surface area contributed by atoms with Gasteiger partial charge in [0.2, 0.25) is 0 Å². The first kappa shape index (κ1) is 12.4. The predicted molar refractivity (Wildman–Crippen MR) is 57.7 cm³/mol. The quantitative estimate of drug-likeness (QED) is 0.592. The van der Waals surface area contributed by atoms with E-state index in [2.05, 4.69) is 27.7 Å². The summed E-state index contributed by atoms with van der Waals surface area (Å²) in [7, 11) is 0. The van der Waals surface area contributed by atoms with Crippen molar-refractivity contribution in [1.82, 2.24) is 0 Å². The van der Waals surface area contributed by atoms with Crippen LogP contribution in [0.2, 0.25) is 0 Å². The van der Waals surface area contributed by atoms with Crippen molar-refractivity contribution in [3.05, 3.63) is 12.2 Å². The molecule has 0 rings (SSSR count). The molecule has 0 N–H and O–H groups in total. The summed E-state index contributed by atoms with van der Waals surface area (Å²) in [5.74, 6) is 0.270. The maximum absolute atomic E-state index is 11.2. The third-order valence-electron chi connectivity index (χ3n) is 1.81. The molecule has 0 heterocycles. The third-order valence-corrected chi connectivity index (χ3v) is 1.81. The van der Waals surface area contributed by atoms with Crippen LogP contribution in [0.15, 0.2) is 12.2 Å². The van der Waals surface area contributed by atoms with Crippen LogP contribution in [0.1, 0.15) is 53.4 Å². The number of carbonyl (C=O) groups is 1. The van der Waals surface area contributed by atoms with Gasteiger partial charge in [-0.3, -0.25) is 4.79 Å². The first-order valence-corrected chi connectivity index (χ1v) is 5.15. The number of allylic oxidation sites excluding steroid dienone is 2. The van der Waals surface area contributed by atoms with E-state index in [0.717, 1.165) is 19.3 Å². The highest BCUT2D eigenvalue weighted by molar-refractivity contribution is 5.89. The molecule has 0 aromatic carbocycles. The fraction of sp³-hybridized carbons (Fsp3) is 0.750. The Morgan fingerprint density at radius 3 is 2.38 bits per heavy atom. The molecule has 0 fully saturated rings. The summed E-state index contributed by atoms with van der Waals surface area (Å²) in [5.41, 5.74) is 0.293. The normalized spacial score (nSPS) is 12.3. The number of hydrogen-bond donors (Lipinski definition) is 0. The molecule has 0 aromatic rings. The van der Waals surface area contributed by atoms with Crippen molar-refractivity contribution in [2.24, 2.45) is 5.41 Å². The highest BCUT2D eigenvalue weighted by atomic mass is 16.1. The smallest absolute Gasteiger partial charge is 0.155 e. The third kappa shape index (κ3) is 9.32. The van der Waals surface area contributed by atoms with E-state index in [1.54, 1.807) is 6.08 Å². The van der Waals surface area contributed by atoms with Gasteiger partial charge in [0.05, 0.1) is 0 Å². The van der Waals surface area contributed by atoms with Crippen molar-refractivity contribution in [3.8, 4) is 0 Å². The van der Waals surface area contributed by atoms with E-state index in [0.29, 0.717) is 11.8 Å². The van der Waals surface area contributed by atoms with Gasteiger partial charge in [-0.15, -0.1) is 0 Å². The number of rotatable bonds is 5. The summed E-state index contributed by atoms with van der Waals surface area (Å²) in [6, 6.07) is 0. The van der Waals surface area contributed by atoms with Crippen molar-refractivity contribution in [1.29, 1.82) is 0 Å². The minimum atomic E-state index is 0.270. The number of carbonyl (C=O) groups excluding carboxylic acids is 1. The van der Waals surface area contributed by atoms with Gasteiger partial charge >= 0.3 is 0 Å². The molecular formula is C12H22O. The Bertz CT molecular complexity index is 172. The Morgan fingerprint density at radius 1 is 1.31 bits per heavy atom. The highest BCUT2D eigenvalue weighted by Crippen LogP contribution is 2.18. The van der Waals surface area contributed by atoms with Gasteiger partial charge in [-0.2, -0.15) is 0 Å². The van der Waals surface area contributed by atoms with Crippen molar-refractivity contribution < 1.29 is 4.79 Å². The largest absolute Gasteiger partial charge is 0.295 e. The summed E-state index contributed by atoms with van der Waals surface area (Å²) < 4.78 is 0. The van der Waals surface area contributed by atoms with Crippen LogP contribution >= 0.6 is 0 Å². The molecular weight excluding hydrogens is 160 g/mol. The average molecular weight is 182 g/mol. The van der Waals surface area contributed by atoms with Crippen LogP contribution in [-0.4, -0.2) is 5.78 Å². The molecule has 0 saturated heterocycles. The molecule has 0 aliphatic carbocycles. The topological polar surface area (TPSA) is 17.1 Å². The summed E-state index contributed by atoms with van der Waals surface area (Å²) in [6.07, 6.45) is 7.53. The lowest BCUT2D eigenvalue weighted by Gasteiger charge is -2.14. The lowest BCUT2D eigenvalue weighted by atomic mass is 9.92. The van der Waals surface area contributed by atoms with Crippen molar-refractivity contribution in [3.63, 3.8) is 0 Å². The fourth-order valence-corrected chi connectivity index (χ4v) is 0.978. The van der Waals surface area contributed by atoms with E-state index in [9.17, 15) is 4.79 Å². The minimum absolute atomic E-state index is 0.270. The molecule has 1 heteroatoms. The lowest BCUT2D eigenvalue weighted by molar-refractivity contribution is -0.114. The Hall–Kier alpha value is -0.590. The highest BCUT2D eigenvalue weighted by Gasteiger charge is 2.06. The molecule has 0 unspecified atom stereocenters. The van der Waals surface area contributed by atoms with E-state index in [1.165, 1.54) is 0 Å². The molecule has 13 heavy (non-hydrogen) atoms. The SMILES string of the molecule is CCCCC(=O)/C=C/CC(C)(C)C. The van der Waals surface area contributed by atoms with Gasteiger partial charge in [0, 0.05) is 6.42 Å². The summed E-state index contributed by atoms with van der Waals surface area (Å²) in [6.45, 7) is 8.63. The minimum Gasteiger partial charge on any atom is -0.295 e. The zero-order valence-corrected chi connectivity index (χ0v) is 9.39. The van der Waals surface area contributed by atoms with Gasteiger partial charge in [0.25, 0.3) is 0 Å². The summed E-state index contributed by atoms with van der Waals surface area (Å²) in [4.78, 5) is 11.2. The van der Waals surface area contributed by atoms with Crippen LogP contribution in [-0.2, 0) is 4.79 Å². The van der Waals surface area contributed by atoms with Crippen LogP contribution in [0, 0.1) is 5.41 Å². The van der Waals surface area contributed by atoms with Crippen LogP contribution in [0.25, 0.3) is 0 Å². The van der Waals surface area contributed by atoms with Crippen LogP contribution in [0.5, 0.6) is 0 Å². The molecule has 1 nitrogen and oxygen atoms in total. The van der Waals surface area contributed by atoms with Gasteiger partial charge in [0.1, 0.15) is 0 Å². The Balaban J connectivity index is 3.66. The van der Waals surface area contributed by atoms with Crippen LogP contribution in [0.3, 0.4) is 0 Å². The molecule has 0 amide bonds. The number of ketones is 1. The molecule has 76 valence electrons. The van der Waals surface area contributed by atoms with Crippen LogP contribution in [0.4, 0.5) is 0 Å². The molecule has 0 radical (unpaired) electrons. The Labute approximate surface area is 82.2 Å². The summed E-state index contributed by atoms with van der Waals surface area (Å²) in [5, 5.41) is 0.